The smallest absolute Gasteiger partial charge is 0.242 e. The fourth-order valence-corrected chi connectivity index (χ4v) is 5.80. The molecule has 0 spiro atoms. The summed E-state index contributed by atoms with van der Waals surface area (Å²) in [4.78, 5) is 28.0. The zero-order valence-electron chi connectivity index (χ0n) is 21.3. The van der Waals surface area contributed by atoms with E-state index < -0.39 is 21.9 Å². The fraction of sp³-hybridized carbons (Fsp3) is 0.481. The molecule has 202 valence electrons. The molecule has 1 fully saturated rings. The third-order valence-electron chi connectivity index (χ3n) is 6.66. The normalized spacial score (nSPS) is 15.1. The number of sulfonamides is 1. The number of rotatable bonds is 11. The van der Waals surface area contributed by atoms with Crippen molar-refractivity contribution >= 4 is 43.5 Å². The van der Waals surface area contributed by atoms with Gasteiger partial charge in [-0.15, -0.1) is 0 Å². The Morgan fingerprint density at radius 1 is 1.08 bits per heavy atom. The van der Waals surface area contributed by atoms with Crippen LogP contribution in [0, 0.1) is 5.82 Å². The second kappa shape index (κ2) is 13.4. The molecule has 0 heterocycles. The summed E-state index contributed by atoms with van der Waals surface area (Å²) in [6.45, 7) is 1.91. The number of para-hydroxylation sites is 1. The summed E-state index contributed by atoms with van der Waals surface area (Å²) >= 11 is 3.41. The summed E-state index contributed by atoms with van der Waals surface area (Å²) in [5.41, 5.74) is 0.822. The number of benzene rings is 2. The van der Waals surface area contributed by atoms with Gasteiger partial charge in [-0.05, 0) is 56.0 Å². The predicted molar refractivity (Wildman–Crippen MR) is 147 cm³/mol. The standard InChI is InChI=1S/C27H35BrFN3O4S/c1-20(27(34)30-23-9-4-3-5-10-23)31(19-21-14-16-22(28)17-15-21)26(33)13-8-18-32(37(2,35)36)25-12-7-6-11-24(25)29/h6-7,11-12,14-17,20,23H,3-5,8-10,13,18-19H2,1-2H3,(H,30,34). The lowest BCUT2D eigenvalue weighted by Gasteiger charge is -2.31. The first-order valence-electron chi connectivity index (χ1n) is 12.6. The highest BCUT2D eigenvalue weighted by molar-refractivity contribution is 9.10. The molecule has 0 radical (unpaired) electrons. The van der Waals surface area contributed by atoms with E-state index >= 15 is 0 Å². The number of anilines is 1. The van der Waals surface area contributed by atoms with Crippen molar-refractivity contribution in [2.45, 2.75) is 70.5 Å². The van der Waals surface area contributed by atoms with Crippen LogP contribution in [-0.2, 0) is 26.2 Å². The second-order valence-electron chi connectivity index (χ2n) is 9.56. The van der Waals surface area contributed by atoms with Crippen LogP contribution in [0.3, 0.4) is 0 Å². The van der Waals surface area contributed by atoms with Gasteiger partial charge in [0.05, 0.1) is 11.9 Å². The van der Waals surface area contributed by atoms with Crippen LogP contribution < -0.4 is 9.62 Å². The van der Waals surface area contributed by atoms with Crippen LogP contribution in [0.1, 0.15) is 57.4 Å². The van der Waals surface area contributed by atoms with E-state index in [-0.39, 0.29) is 49.5 Å². The number of carbonyl (C=O) groups is 2. The van der Waals surface area contributed by atoms with Gasteiger partial charge in [-0.1, -0.05) is 59.5 Å². The van der Waals surface area contributed by atoms with Crippen LogP contribution in [0.5, 0.6) is 0 Å². The molecule has 1 atom stereocenters. The SMILES string of the molecule is CC(C(=O)NC1CCCCC1)N(Cc1ccc(Br)cc1)C(=O)CCCN(c1ccccc1F)S(C)(=O)=O. The number of amides is 2. The van der Waals surface area contributed by atoms with Crippen molar-refractivity contribution < 1.29 is 22.4 Å². The van der Waals surface area contributed by atoms with Crippen molar-refractivity contribution in [2.75, 3.05) is 17.1 Å². The molecule has 3 rings (SSSR count). The quantitative estimate of drug-likeness (QED) is 0.396. The van der Waals surface area contributed by atoms with Crippen LogP contribution in [0.15, 0.2) is 53.0 Å². The lowest BCUT2D eigenvalue weighted by molar-refractivity contribution is -0.141. The monoisotopic (exact) mass is 595 g/mol. The maximum absolute atomic E-state index is 14.3. The van der Waals surface area contributed by atoms with Gasteiger partial charge in [0, 0.05) is 30.0 Å². The van der Waals surface area contributed by atoms with Crippen LogP contribution in [0.25, 0.3) is 0 Å². The first kappa shape index (κ1) is 29.1. The molecule has 2 aromatic rings. The molecule has 0 aromatic heterocycles. The van der Waals surface area contributed by atoms with Crippen molar-refractivity contribution in [1.29, 1.82) is 0 Å². The van der Waals surface area contributed by atoms with E-state index in [0.29, 0.717) is 0 Å². The van der Waals surface area contributed by atoms with Crippen LogP contribution in [0.2, 0.25) is 0 Å². The number of halogens is 2. The van der Waals surface area contributed by atoms with Crippen LogP contribution >= 0.6 is 15.9 Å². The molecule has 2 aromatic carbocycles. The van der Waals surface area contributed by atoms with E-state index in [1.54, 1.807) is 13.0 Å². The third kappa shape index (κ3) is 8.53. The van der Waals surface area contributed by atoms with Crippen molar-refractivity contribution in [3.63, 3.8) is 0 Å². The summed E-state index contributed by atoms with van der Waals surface area (Å²) in [6.07, 6.45) is 6.42. The Balaban J connectivity index is 1.71. The molecule has 0 aliphatic heterocycles. The van der Waals surface area contributed by atoms with Crippen molar-refractivity contribution in [2.24, 2.45) is 0 Å². The van der Waals surface area contributed by atoms with Gasteiger partial charge in [-0.2, -0.15) is 0 Å². The van der Waals surface area contributed by atoms with E-state index in [4.69, 9.17) is 0 Å². The molecule has 10 heteroatoms. The Morgan fingerprint density at radius 2 is 1.73 bits per heavy atom. The van der Waals surface area contributed by atoms with Crippen LogP contribution in [-0.4, -0.2) is 50.0 Å². The van der Waals surface area contributed by atoms with E-state index in [0.717, 1.165) is 46.3 Å². The largest absolute Gasteiger partial charge is 0.352 e. The summed E-state index contributed by atoms with van der Waals surface area (Å²) in [6, 6.07) is 12.6. The van der Waals surface area contributed by atoms with Gasteiger partial charge in [0.1, 0.15) is 11.9 Å². The van der Waals surface area contributed by atoms with Gasteiger partial charge < -0.3 is 10.2 Å². The highest BCUT2D eigenvalue weighted by Crippen LogP contribution is 2.23. The average Bonchev–Trinajstić information content (AvgIpc) is 2.86. The number of hydrogen-bond donors (Lipinski definition) is 1. The van der Waals surface area contributed by atoms with E-state index in [2.05, 4.69) is 21.2 Å². The van der Waals surface area contributed by atoms with Gasteiger partial charge in [-0.3, -0.25) is 13.9 Å². The Bertz CT molecular complexity index is 1170. The Hall–Kier alpha value is -2.46. The van der Waals surface area contributed by atoms with E-state index in [1.807, 2.05) is 24.3 Å². The molecule has 2 amide bonds. The van der Waals surface area contributed by atoms with Gasteiger partial charge >= 0.3 is 0 Å². The Labute approximate surface area is 227 Å². The maximum atomic E-state index is 14.3. The van der Waals surface area contributed by atoms with Crippen molar-refractivity contribution in [3.05, 3.63) is 64.4 Å². The molecule has 0 saturated heterocycles. The minimum Gasteiger partial charge on any atom is -0.352 e. The molecule has 1 aliphatic carbocycles. The minimum absolute atomic E-state index is 0.0120. The third-order valence-corrected chi connectivity index (χ3v) is 8.37. The Morgan fingerprint density at radius 3 is 2.35 bits per heavy atom. The summed E-state index contributed by atoms with van der Waals surface area (Å²) in [5.74, 6) is -1.11. The lowest BCUT2D eigenvalue weighted by Crippen LogP contribution is -2.50. The summed E-state index contributed by atoms with van der Waals surface area (Å²) in [5, 5.41) is 3.10. The number of nitrogens with one attached hydrogen (secondary N) is 1. The topological polar surface area (TPSA) is 86.8 Å². The lowest BCUT2D eigenvalue weighted by atomic mass is 9.95. The number of carbonyl (C=O) groups excluding carboxylic acids is 2. The summed E-state index contributed by atoms with van der Waals surface area (Å²) in [7, 11) is -3.76. The molecular weight excluding hydrogens is 561 g/mol. The summed E-state index contributed by atoms with van der Waals surface area (Å²) < 4.78 is 40.9. The molecular formula is C27H35BrFN3O4S. The molecule has 37 heavy (non-hydrogen) atoms. The van der Waals surface area contributed by atoms with E-state index in [1.165, 1.54) is 29.5 Å². The zero-order chi connectivity index (χ0) is 27.0. The van der Waals surface area contributed by atoms with Gasteiger partial charge in [0.25, 0.3) is 0 Å². The van der Waals surface area contributed by atoms with Gasteiger partial charge in [0.2, 0.25) is 21.8 Å². The zero-order valence-corrected chi connectivity index (χ0v) is 23.7. The first-order valence-corrected chi connectivity index (χ1v) is 15.3. The van der Waals surface area contributed by atoms with Crippen molar-refractivity contribution in [1.82, 2.24) is 10.2 Å². The average molecular weight is 597 g/mol. The molecule has 1 unspecified atom stereocenters. The van der Waals surface area contributed by atoms with Gasteiger partial charge in [-0.25, -0.2) is 12.8 Å². The molecule has 1 saturated carbocycles. The Kier molecular flexibility index (Phi) is 10.5. The fourth-order valence-electron chi connectivity index (χ4n) is 4.57. The number of hydrogen-bond acceptors (Lipinski definition) is 4. The van der Waals surface area contributed by atoms with E-state index in [9.17, 15) is 22.4 Å². The first-order chi connectivity index (χ1) is 17.6. The molecule has 1 aliphatic rings. The van der Waals surface area contributed by atoms with Crippen molar-refractivity contribution in [3.8, 4) is 0 Å². The molecule has 7 nitrogen and oxygen atoms in total. The minimum atomic E-state index is -3.76. The highest BCUT2D eigenvalue weighted by atomic mass is 79.9. The second-order valence-corrected chi connectivity index (χ2v) is 12.4. The predicted octanol–water partition coefficient (Wildman–Crippen LogP) is 5.00. The van der Waals surface area contributed by atoms with Gasteiger partial charge in [0.15, 0.2) is 0 Å². The van der Waals surface area contributed by atoms with Crippen LogP contribution in [0.4, 0.5) is 10.1 Å². The number of nitrogens with zero attached hydrogens (tertiary/aromatic N) is 2. The molecule has 0 bridgehead atoms. The maximum Gasteiger partial charge on any atom is 0.242 e. The highest BCUT2D eigenvalue weighted by Gasteiger charge is 2.28. The molecule has 1 N–H and O–H groups in total.